The Morgan fingerprint density at radius 2 is 2.09 bits per heavy atom. The van der Waals surface area contributed by atoms with Crippen molar-refractivity contribution in [1.82, 2.24) is 15.3 Å². The number of nitrogens with one attached hydrogen (secondary N) is 1. The van der Waals surface area contributed by atoms with Gasteiger partial charge in [-0.2, -0.15) is 4.98 Å². The maximum atomic E-state index is 6.91. The Balaban J connectivity index is 1.63. The minimum Gasteiger partial charge on any atom is -0.471 e. The molecule has 0 aromatic carbocycles. The summed E-state index contributed by atoms with van der Waals surface area (Å²) < 4.78 is 5.70. The molecule has 22 heavy (non-hydrogen) atoms. The summed E-state index contributed by atoms with van der Waals surface area (Å²) in [6, 6.07) is 9.34. The molecule has 0 amide bonds. The van der Waals surface area contributed by atoms with Gasteiger partial charge in [0.2, 0.25) is 11.6 Å². The van der Waals surface area contributed by atoms with Crippen molar-refractivity contribution in [2.45, 2.75) is 6.61 Å². The molecule has 6 nitrogen and oxygen atoms in total. The van der Waals surface area contributed by atoms with Gasteiger partial charge in [-0.25, -0.2) is 4.85 Å². The van der Waals surface area contributed by atoms with Gasteiger partial charge in [-0.15, -0.1) is 0 Å². The molecule has 0 spiro atoms. The summed E-state index contributed by atoms with van der Waals surface area (Å²) in [5.74, 6) is 1.53. The average Bonchev–Trinajstić information content (AvgIpc) is 2.61. The lowest BCUT2D eigenvalue weighted by atomic mass is 10.3. The highest BCUT2D eigenvalue weighted by Crippen LogP contribution is 2.17. The van der Waals surface area contributed by atoms with E-state index in [0.29, 0.717) is 18.2 Å². The zero-order valence-corrected chi connectivity index (χ0v) is 12.2. The molecule has 0 radical (unpaired) electrons. The van der Waals surface area contributed by atoms with Crippen molar-refractivity contribution >= 4 is 11.5 Å². The van der Waals surface area contributed by atoms with Crippen LogP contribution in [0.4, 0.5) is 11.5 Å². The van der Waals surface area contributed by atoms with Gasteiger partial charge in [0.05, 0.1) is 12.3 Å². The number of hydrogen-bond acceptors (Lipinski definition) is 5. The fraction of sp³-hybridized carbons (Fsp3) is 0.312. The van der Waals surface area contributed by atoms with E-state index < -0.39 is 0 Å². The van der Waals surface area contributed by atoms with E-state index in [1.54, 1.807) is 18.3 Å². The van der Waals surface area contributed by atoms with Gasteiger partial charge < -0.3 is 15.0 Å². The number of rotatable bonds is 4. The Kier molecular flexibility index (Phi) is 4.47. The first-order chi connectivity index (χ1) is 10.8. The molecule has 1 N–H and O–H groups in total. The SMILES string of the molecule is [C-]#[N+]c1ccc(COc2cccc(N3CCNCC3)n2)nc1. The zero-order valence-electron chi connectivity index (χ0n) is 12.2. The normalized spacial score (nSPS) is 14.4. The third-order valence-corrected chi connectivity index (χ3v) is 3.46. The quantitative estimate of drug-likeness (QED) is 0.875. The van der Waals surface area contributed by atoms with Crippen LogP contribution in [0.15, 0.2) is 36.5 Å². The summed E-state index contributed by atoms with van der Waals surface area (Å²) in [6.07, 6.45) is 1.55. The number of anilines is 1. The lowest BCUT2D eigenvalue weighted by Crippen LogP contribution is -2.43. The van der Waals surface area contributed by atoms with Gasteiger partial charge >= 0.3 is 0 Å². The van der Waals surface area contributed by atoms with Crippen molar-refractivity contribution in [3.8, 4) is 5.88 Å². The van der Waals surface area contributed by atoms with Crippen LogP contribution < -0.4 is 15.0 Å². The van der Waals surface area contributed by atoms with E-state index in [1.807, 2.05) is 18.2 Å². The lowest BCUT2D eigenvalue weighted by Gasteiger charge is -2.28. The Bertz CT molecular complexity index is 659. The second-order valence-electron chi connectivity index (χ2n) is 4.98. The molecule has 1 saturated heterocycles. The second-order valence-corrected chi connectivity index (χ2v) is 4.98. The standard InChI is InChI=1S/C16H17N5O/c1-17-13-5-6-14(19-11-13)12-22-16-4-2-3-15(20-16)21-9-7-18-8-10-21/h2-6,11,18H,7-10,12H2. The number of hydrogen-bond donors (Lipinski definition) is 1. The first-order valence-electron chi connectivity index (χ1n) is 7.23. The number of aromatic nitrogens is 2. The summed E-state index contributed by atoms with van der Waals surface area (Å²) in [6.45, 7) is 11.1. The van der Waals surface area contributed by atoms with Crippen molar-refractivity contribution in [1.29, 1.82) is 0 Å². The summed E-state index contributed by atoms with van der Waals surface area (Å²) >= 11 is 0. The first-order valence-corrected chi connectivity index (χ1v) is 7.23. The molecule has 1 aliphatic rings. The van der Waals surface area contributed by atoms with Crippen LogP contribution >= 0.6 is 0 Å². The summed E-state index contributed by atoms with van der Waals surface area (Å²) in [5.41, 5.74) is 1.31. The van der Waals surface area contributed by atoms with Crippen molar-refractivity contribution < 1.29 is 4.74 Å². The van der Waals surface area contributed by atoms with E-state index in [1.165, 1.54) is 0 Å². The summed E-state index contributed by atoms with van der Waals surface area (Å²) in [4.78, 5) is 14.3. The second kappa shape index (κ2) is 6.87. The van der Waals surface area contributed by atoms with Gasteiger partial charge in [-0.05, 0) is 12.1 Å². The van der Waals surface area contributed by atoms with E-state index >= 15 is 0 Å². The molecule has 0 unspecified atom stereocenters. The molecule has 112 valence electrons. The predicted octanol–water partition coefficient (Wildman–Crippen LogP) is 2.02. The van der Waals surface area contributed by atoms with E-state index in [0.717, 1.165) is 37.7 Å². The molecule has 0 saturated carbocycles. The van der Waals surface area contributed by atoms with Gasteiger partial charge in [0.1, 0.15) is 12.4 Å². The molecule has 0 atom stereocenters. The molecule has 2 aromatic heterocycles. The van der Waals surface area contributed by atoms with Crippen LogP contribution in [0.3, 0.4) is 0 Å². The minimum absolute atomic E-state index is 0.344. The van der Waals surface area contributed by atoms with Crippen LogP contribution in [-0.4, -0.2) is 36.1 Å². The Morgan fingerprint density at radius 3 is 2.82 bits per heavy atom. The number of piperazine rings is 1. The van der Waals surface area contributed by atoms with Crippen LogP contribution in [0.5, 0.6) is 5.88 Å². The van der Waals surface area contributed by atoms with Gasteiger partial charge in [0.15, 0.2) is 0 Å². The molecular formula is C16H17N5O. The largest absolute Gasteiger partial charge is 0.471 e. The van der Waals surface area contributed by atoms with Crippen LogP contribution in [0, 0.1) is 6.57 Å². The van der Waals surface area contributed by atoms with E-state index in [2.05, 4.69) is 25.0 Å². The molecule has 1 fully saturated rings. The highest BCUT2D eigenvalue weighted by molar-refractivity contribution is 5.42. The Labute approximate surface area is 129 Å². The van der Waals surface area contributed by atoms with Crippen molar-refractivity contribution in [3.05, 3.63) is 53.6 Å². The van der Waals surface area contributed by atoms with Crippen LogP contribution in [0.2, 0.25) is 0 Å². The minimum atomic E-state index is 0.344. The molecular weight excluding hydrogens is 278 g/mol. The molecule has 3 heterocycles. The monoisotopic (exact) mass is 295 g/mol. The summed E-state index contributed by atoms with van der Waals surface area (Å²) in [7, 11) is 0. The van der Waals surface area contributed by atoms with Gasteiger partial charge in [-0.1, -0.05) is 12.1 Å². The maximum Gasteiger partial charge on any atom is 0.215 e. The Morgan fingerprint density at radius 1 is 1.23 bits per heavy atom. The number of pyridine rings is 2. The highest BCUT2D eigenvalue weighted by Gasteiger charge is 2.12. The molecule has 2 aromatic rings. The average molecular weight is 295 g/mol. The van der Waals surface area contributed by atoms with Crippen LogP contribution in [0.25, 0.3) is 4.85 Å². The van der Waals surface area contributed by atoms with Gasteiger partial charge in [-0.3, -0.25) is 4.98 Å². The zero-order chi connectivity index (χ0) is 15.2. The predicted molar refractivity (Wildman–Crippen MR) is 84.2 cm³/mol. The molecule has 3 rings (SSSR count). The fourth-order valence-electron chi connectivity index (χ4n) is 2.27. The smallest absolute Gasteiger partial charge is 0.215 e. The van der Waals surface area contributed by atoms with Gasteiger partial charge in [0, 0.05) is 38.4 Å². The van der Waals surface area contributed by atoms with E-state index in [9.17, 15) is 0 Å². The van der Waals surface area contributed by atoms with Crippen molar-refractivity contribution in [3.63, 3.8) is 0 Å². The van der Waals surface area contributed by atoms with E-state index in [4.69, 9.17) is 11.3 Å². The lowest BCUT2D eigenvalue weighted by molar-refractivity contribution is 0.289. The third-order valence-electron chi connectivity index (χ3n) is 3.46. The highest BCUT2D eigenvalue weighted by atomic mass is 16.5. The molecule has 1 aliphatic heterocycles. The van der Waals surface area contributed by atoms with Gasteiger partial charge in [0.25, 0.3) is 0 Å². The van der Waals surface area contributed by atoms with E-state index in [-0.39, 0.29) is 0 Å². The Hall–Kier alpha value is -2.65. The third kappa shape index (κ3) is 3.51. The molecule has 0 bridgehead atoms. The fourth-order valence-corrected chi connectivity index (χ4v) is 2.27. The summed E-state index contributed by atoms with van der Waals surface area (Å²) in [5, 5.41) is 3.33. The van der Waals surface area contributed by atoms with Crippen LogP contribution in [-0.2, 0) is 6.61 Å². The molecule has 6 heteroatoms. The number of ether oxygens (including phenoxy) is 1. The molecule has 0 aliphatic carbocycles. The van der Waals surface area contributed by atoms with Crippen LogP contribution in [0.1, 0.15) is 5.69 Å². The van der Waals surface area contributed by atoms with Crippen molar-refractivity contribution in [2.75, 3.05) is 31.1 Å². The topological polar surface area (TPSA) is 54.6 Å². The first kappa shape index (κ1) is 14.3. The number of nitrogens with zero attached hydrogens (tertiary/aromatic N) is 4. The maximum absolute atomic E-state index is 6.91. The van der Waals surface area contributed by atoms with Crippen molar-refractivity contribution in [2.24, 2.45) is 0 Å².